The zero-order valence-corrected chi connectivity index (χ0v) is 13.8. The van der Waals surface area contributed by atoms with Crippen molar-refractivity contribution in [3.05, 3.63) is 53.7 Å². The van der Waals surface area contributed by atoms with E-state index in [-0.39, 0.29) is 6.54 Å². The molecule has 0 aliphatic rings. The van der Waals surface area contributed by atoms with Gasteiger partial charge in [0.05, 0.1) is 25.0 Å². The van der Waals surface area contributed by atoms with Crippen molar-refractivity contribution in [1.82, 2.24) is 15.6 Å². The van der Waals surface area contributed by atoms with Crippen LogP contribution in [0, 0.1) is 6.92 Å². The van der Waals surface area contributed by atoms with Crippen molar-refractivity contribution in [1.29, 1.82) is 0 Å². The Hall–Kier alpha value is -2.34. The third kappa shape index (κ3) is 4.82. The number of hydrogen-bond donors (Lipinski definition) is 3. The van der Waals surface area contributed by atoms with E-state index in [1.54, 1.807) is 31.5 Å². The Morgan fingerprint density at radius 1 is 1.35 bits per heavy atom. The van der Waals surface area contributed by atoms with Gasteiger partial charge in [0.1, 0.15) is 11.4 Å². The topological polar surface area (TPSA) is 82.7 Å². The van der Waals surface area contributed by atoms with Crippen LogP contribution < -0.4 is 10.6 Å². The van der Waals surface area contributed by atoms with E-state index in [1.165, 1.54) is 0 Å². The van der Waals surface area contributed by atoms with Crippen LogP contribution in [0.4, 0.5) is 0 Å². The summed E-state index contributed by atoms with van der Waals surface area (Å²) in [5, 5.41) is 16.8. The molecule has 2 aromatic heterocycles. The molecule has 0 fully saturated rings. The van der Waals surface area contributed by atoms with Gasteiger partial charge in [-0.05, 0) is 44.5 Å². The van der Waals surface area contributed by atoms with E-state index in [9.17, 15) is 5.11 Å². The molecule has 0 saturated heterocycles. The Balaban J connectivity index is 2.01. The largest absolute Gasteiger partial charge is 0.466 e. The maximum absolute atomic E-state index is 10.5. The Morgan fingerprint density at radius 3 is 2.83 bits per heavy atom. The molecule has 0 spiro atoms. The molecule has 0 aliphatic carbocycles. The first-order chi connectivity index (χ1) is 11.0. The first-order valence-electron chi connectivity index (χ1n) is 7.72. The van der Waals surface area contributed by atoms with E-state index in [2.05, 4.69) is 20.6 Å². The maximum Gasteiger partial charge on any atom is 0.191 e. The number of aromatic nitrogens is 1. The molecular weight excluding hydrogens is 292 g/mol. The summed E-state index contributed by atoms with van der Waals surface area (Å²) < 4.78 is 5.28. The molecule has 1 unspecified atom stereocenters. The van der Waals surface area contributed by atoms with Crippen LogP contribution in [0.5, 0.6) is 0 Å². The first-order valence-corrected chi connectivity index (χ1v) is 7.72. The highest BCUT2D eigenvalue weighted by molar-refractivity contribution is 5.79. The third-order valence-electron chi connectivity index (χ3n) is 3.50. The van der Waals surface area contributed by atoms with Gasteiger partial charge in [0.2, 0.25) is 0 Å². The fourth-order valence-electron chi connectivity index (χ4n) is 2.11. The number of guanidine groups is 1. The van der Waals surface area contributed by atoms with Gasteiger partial charge in [-0.1, -0.05) is 6.07 Å². The van der Waals surface area contributed by atoms with Gasteiger partial charge in [0, 0.05) is 12.7 Å². The number of aliphatic imine (C=N–C) groups is 1. The summed E-state index contributed by atoms with van der Waals surface area (Å²) in [7, 11) is 0. The number of aliphatic hydroxyl groups is 1. The number of furan rings is 1. The second-order valence-electron chi connectivity index (χ2n) is 5.57. The number of rotatable bonds is 6. The van der Waals surface area contributed by atoms with E-state index in [4.69, 9.17) is 4.42 Å². The SMILES string of the molecule is CCNC(=NCc1ncccc1C)NCC(C)(O)c1ccco1. The minimum absolute atomic E-state index is 0.285. The molecule has 2 aromatic rings. The van der Waals surface area contributed by atoms with Gasteiger partial charge in [-0.15, -0.1) is 0 Å². The summed E-state index contributed by atoms with van der Waals surface area (Å²) in [6, 6.07) is 7.43. The zero-order valence-electron chi connectivity index (χ0n) is 13.8. The highest BCUT2D eigenvalue weighted by Gasteiger charge is 2.26. The van der Waals surface area contributed by atoms with Crippen LogP contribution in [-0.2, 0) is 12.1 Å². The van der Waals surface area contributed by atoms with Crippen molar-refractivity contribution in [2.24, 2.45) is 4.99 Å². The van der Waals surface area contributed by atoms with Gasteiger partial charge < -0.3 is 20.2 Å². The number of nitrogens with zero attached hydrogens (tertiary/aromatic N) is 2. The highest BCUT2D eigenvalue weighted by atomic mass is 16.4. The number of nitrogens with one attached hydrogen (secondary N) is 2. The molecule has 2 rings (SSSR count). The Kier molecular flexibility index (Phi) is 5.76. The molecule has 6 heteroatoms. The fraction of sp³-hybridized carbons (Fsp3) is 0.412. The van der Waals surface area contributed by atoms with Gasteiger partial charge in [-0.2, -0.15) is 0 Å². The summed E-state index contributed by atoms with van der Waals surface area (Å²) in [5.41, 5.74) is 0.929. The number of hydrogen-bond acceptors (Lipinski definition) is 4. The minimum Gasteiger partial charge on any atom is -0.466 e. The van der Waals surface area contributed by atoms with Crippen LogP contribution >= 0.6 is 0 Å². The van der Waals surface area contributed by atoms with Crippen molar-refractivity contribution in [3.8, 4) is 0 Å². The van der Waals surface area contributed by atoms with Crippen molar-refractivity contribution in [2.45, 2.75) is 32.9 Å². The Morgan fingerprint density at radius 2 is 2.17 bits per heavy atom. The number of aryl methyl sites for hydroxylation is 1. The molecule has 0 bridgehead atoms. The Bertz CT molecular complexity index is 636. The predicted molar refractivity (Wildman–Crippen MR) is 90.1 cm³/mol. The molecule has 3 N–H and O–H groups in total. The molecule has 6 nitrogen and oxygen atoms in total. The van der Waals surface area contributed by atoms with Crippen molar-refractivity contribution < 1.29 is 9.52 Å². The van der Waals surface area contributed by atoms with Crippen LogP contribution in [0.25, 0.3) is 0 Å². The van der Waals surface area contributed by atoms with E-state index >= 15 is 0 Å². The smallest absolute Gasteiger partial charge is 0.191 e. The van der Waals surface area contributed by atoms with E-state index in [1.807, 2.05) is 26.0 Å². The van der Waals surface area contributed by atoms with Crippen molar-refractivity contribution in [3.63, 3.8) is 0 Å². The molecule has 0 aromatic carbocycles. The highest BCUT2D eigenvalue weighted by Crippen LogP contribution is 2.19. The van der Waals surface area contributed by atoms with Crippen molar-refractivity contribution >= 4 is 5.96 Å². The minimum atomic E-state index is -1.11. The molecule has 0 radical (unpaired) electrons. The maximum atomic E-state index is 10.5. The monoisotopic (exact) mass is 316 g/mol. The summed E-state index contributed by atoms with van der Waals surface area (Å²) in [6.45, 7) is 7.20. The van der Waals surface area contributed by atoms with Gasteiger partial charge in [0.15, 0.2) is 5.96 Å². The molecule has 1 atom stereocenters. The van der Waals surface area contributed by atoms with E-state index < -0.39 is 5.60 Å². The fourth-order valence-corrected chi connectivity index (χ4v) is 2.11. The normalized spacial score (nSPS) is 14.3. The number of pyridine rings is 1. The molecule has 0 saturated carbocycles. The summed E-state index contributed by atoms with van der Waals surface area (Å²) in [6.07, 6.45) is 3.31. The zero-order chi connectivity index (χ0) is 16.7. The van der Waals surface area contributed by atoms with Crippen LogP contribution in [0.2, 0.25) is 0 Å². The first kappa shape index (κ1) is 17.0. The molecule has 23 heavy (non-hydrogen) atoms. The van der Waals surface area contributed by atoms with E-state index in [0.29, 0.717) is 18.3 Å². The van der Waals surface area contributed by atoms with Crippen LogP contribution in [-0.4, -0.2) is 29.1 Å². The summed E-state index contributed by atoms with van der Waals surface area (Å²) in [4.78, 5) is 8.85. The molecule has 0 aliphatic heterocycles. The average molecular weight is 316 g/mol. The summed E-state index contributed by atoms with van der Waals surface area (Å²) >= 11 is 0. The lowest BCUT2D eigenvalue weighted by Gasteiger charge is -2.22. The van der Waals surface area contributed by atoms with Crippen LogP contribution in [0.15, 0.2) is 46.1 Å². The lowest BCUT2D eigenvalue weighted by Crippen LogP contribution is -2.44. The third-order valence-corrected chi connectivity index (χ3v) is 3.50. The van der Waals surface area contributed by atoms with Crippen LogP contribution in [0.3, 0.4) is 0 Å². The standard InChI is InChI=1S/C17H24N4O2/c1-4-18-16(20-11-14-13(2)7-5-9-19-14)21-12-17(3,22)15-8-6-10-23-15/h5-10,22H,4,11-12H2,1-3H3,(H2,18,20,21). The van der Waals surface area contributed by atoms with E-state index in [0.717, 1.165) is 17.8 Å². The molecule has 2 heterocycles. The van der Waals surface area contributed by atoms with Crippen molar-refractivity contribution in [2.75, 3.05) is 13.1 Å². The lowest BCUT2D eigenvalue weighted by molar-refractivity contribution is 0.0386. The quantitative estimate of drug-likeness (QED) is 0.560. The molecule has 124 valence electrons. The van der Waals surface area contributed by atoms with Gasteiger partial charge in [0.25, 0.3) is 0 Å². The average Bonchev–Trinajstić information content (AvgIpc) is 3.07. The van der Waals surface area contributed by atoms with Gasteiger partial charge >= 0.3 is 0 Å². The molecule has 0 amide bonds. The van der Waals surface area contributed by atoms with Gasteiger partial charge in [-0.25, -0.2) is 4.99 Å². The second-order valence-corrected chi connectivity index (χ2v) is 5.57. The van der Waals surface area contributed by atoms with Crippen LogP contribution in [0.1, 0.15) is 30.9 Å². The Labute approximate surface area is 136 Å². The predicted octanol–water partition coefficient (Wildman–Crippen LogP) is 1.95. The summed E-state index contributed by atoms with van der Waals surface area (Å²) in [5.74, 6) is 1.14. The second kappa shape index (κ2) is 7.78. The lowest BCUT2D eigenvalue weighted by atomic mass is 10.0. The van der Waals surface area contributed by atoms with Gasteiger partial charge in [-0.3, -0.25) is 4.98 Å². The molecular formula is C17H24N4O2.